The van der Waals surface area contributed by atoms with Crippen molar-refractivity contribution in [3.63, 3.8) is 0 Å². The van der Waals surface area contributed by atoms with Crippen molar-refractivity contribution >= 4 is 21.7 Å². The van der Waals surface area contributed by atoms with E-state index >= 15 is 0 Å². The van der Waals surface area contributed by atoms with Gasteiger partial charge in [0.2, 0.25) is 0 Å². The van der Waals surface area contributed by atoms with Gasteiger partial charge >= 0.3 is 12.1 Å². The van der Waals surface area contributed by atoms with Crippen molar-refractivity contribution in [2.24, 2.45) is 0 Å². The fourth-order valence-electron chi connectivity index (χ4n) is 3.41. The lowest BCUT2D eigenvalue weighted by atomic mass is 10.0. The predicted octanol–water partition coefficient (Wildman–Crippen LogP) is 5.14. The molecule has 1 aromatic heterocycles. The summed E-state index contributed by atoms with van der Waals surface area (Å²) in [6.07, 6.45) is -0.299. The van der Waals surface area contributed by atoms with Crippen molar-refractivity contribution in [3.05, 3.63) is 77.6 Å². The summed E-state index contributed by atoms with van der Waals surface area (Å²) in [6, 6.07) is 9.73. The average molecular weight is 462 g/mol. The molecule has 10 heteroatoms. The van der Waals surface area contributed by atoms with Crippen molar-refractivity contribution in [1.29, 1.82) is 0 Å². The Bertz CT molecular complexity index is 1290. The number of pyridine rings is 1. The first-order valence-electron chi connectivity index (χ1n) is 9.58. The van der Waals surface area contributed by atoms with E-state index in [4.69, 9.17) is 0 Å². The van der Waals surface area contributed by atoms with Crippen LogP contribution < -0.4 is 4.72 Å². The lowest BCUT2D eigenvalue weighted by molar-refractivity contribution is -0.137. The van der Waals surface area contributed by atoms with Gasteiger partial charge in [-0.3, -0.25) is 9.71 Å². The van der Waals surface area contributed by atoms with Gasteiger partial charge in [-0.2, -0.15) is 13.2 Å². The van der Waals surface area contributed by atoms with Gasteiger partial charge < -0.3 is 5.11 Å². The molecule has 1 heterocycles. The van der Waals surface area contributed by atoms with Gasteiger partial charge in [-0.05, 0) is 54.7 Å². The maximum Gasteiger partial charge on any atom is 0.416 e. The molecule has 3 aromatic rings. The highest BCUT2D eigenvalue weighted by molar-refractivity contribution is 7.92. The summed E-state index contributed by atoms with van der Waals surface area (Å²) in [5.41, 5.74) is -0.471. The van der Waals surface area contributed by atoms with Gasteiger partial charge in [-0.15, -0.1) is 0 Å². The van der Waals surface area contributed by atoms with Gasteiger partial charge in [0.25, 0.3) is 10.0 Å². The van der Waals surface area contributed by atoms with Crippen molar-refractivity contribution < 1.29 is 31.5 Å². The number of carboxylic acids is 1. The second-order valence-electron chi connectivity index (χ2n) is 7.44. The Morgan fingerprint density at radius 2 is 1.84 bits per heavy atom. The van der Waals surface area contributed by atoms with Crippen LogP contribution in [0.1, 0.15) is 40.2 Å². The molecule has 0 unspecified atom stereocenters. The molecule has 1 aliphatic rings. The van der Waals surface area contributed by atoms with Crippen molar-refractivity contribution in [2.45, 2.75) is 29.8 Å². The number of rotatable bonds is 6. The second-order valence-corrected chi connectivity index (χ2v) is 9.09. The van der Waals surface area contributed by atoms with Crippen molar-refractivity contribution in [1.82, 2.24) is 4.98 Å². The molecule has 1 saturated carbocycles. The first-order valence-corrected chi connectivity index (χ1v) is 11.1. The molecule has 1 fully saturated rings. The number of benzene rings is 2. The minimum absolute atomic E-state index is 0.0382. The Morgan fingerprint density at radius 1 is 1.09 bits per heavy atom. The number of aromatic carboxylic acids is 1. The Kier molecular flexibility index (Phi) is 5.41. The number of carboxylic acid groups (broad SMARTS) is 1. The number of hydrogen-bond acceptors (Lipinski definition) is 4. The van der Waals surface area contributed by atoms with Gasteiger partial charge in [-0.25, -0.2) is 13.2 Å². The highest BCUT2D eigenvalue weighted by atomic mass is 32.2. The molecule has 1 aliphatic carbocycles. The zero-order valence-electron chi connectivity index (χ0n) is 16.4. The monoisotopic (exact) mass is 462 g/mol. The summed E-state index contributed by atoms with van der Waals surface area (Å²) >= 11 is 0. The Morgan fingerprint density at radius 3 is 2.44 bits per heavy atom. The summed E-state index contributed by atoms with van der Waals surface area (Å²) in [5, 5.41) is 9.28. The molecule has 0 bridgehead atoms. The van der Waals surface area contributed by atoms with Crippen LogP contribution in [0.3, 0.4) is 0 Å². The van der Waals surface area contributed by atoms with Crippen molar-refractivity contribution in [2.75, 3.05) is 4.72 Å². The lowest BCUT2D eigenvalue weighted by Gasteiger charge is -2.17. The number of nitrogens with one attached hydrogen (secondary N) is 1. The van der Waals surface area contributed by atoms with Crippen LogP contribution in [0, 0.1) is 0 Å². The van der Waals surface area contributed by atoms with Crippen molar-refractivity contribution in [3.8, 4) is 11.1 Å². The zero-order chi connectivity index (χ0) is 23.1. The third-order valence-corrected chi connectivity index (χ3v) is 6.55. The van der Waals surface area contributed by atoms with E-state index in [0.717, 1.165) is 31.0 Å². The van der Waals surface area contributed by atoms with Crippen LogP contribution in [0.4, 0.5) is 18.9 Å². The van der Waals surface area contributed by atoms with Gasteiger partial charge in [-0.1, -0.05) is 18.2 Å². The molecule has 32 heavy (non-hydrogen) atoms. The molecular weight excluding hydrogens is 445 g/mol. The quantitative estimate of drug-likeness (QED) is 0.529. The van der Waals surface area contributed by atoms with E-state index < -0.39 is 27.7 Å². The topological polar surface area (TPSA) is 96.4 Å². The molecule has 2 N–H and O–H groups in total. The fraction of sp³-hybridized carbons (Fsp3) is 0.182. The first kappa shape index (κ1) is 21.8. The Balaban J connectivity index is 1.84. The van der Waals surface area contributed by atoms with E-state index in [1.807, 2.05) is 0 Å². The predicted molar refractivity (Wildman–Crippen MR) is 111 cm³/mol. The molecule has 6 nitrogen and oxygen atoms in total. The molecule has 0 amide bonds. The van der Waals surface area contributed by atoms with Gasteiger partial charge in [0.15, 0.2) is 0 Å². The Labute approximate surface area is 181 Å². The lowest BCUT2D eigenvalue weighted by Crippen LogP contribution is -2.17. The summed E-state index contributed by atoms with van der Waals surface area (Å²) < 4.78 is 68.8. The molecule has 0 atom stereocenters. The standard InChI is InChI=1S/C22H17F3N2O4S/c23-22(24,25)16-6-8-17(15-2-1-9-26-12-15)19(11-16)27-32(30,31)20-10-14(21(28)29)5-7-18(20)13-3-4-13/h1-2,5-13,27H,3-4H2,(H,28,29). The molecule has 0 radical (unpaired) electrons. The highest BCUT2D eigenvalue weighted by Crippen LogP contribution is 2.44. The maximum absolute atomic E-state index is 13.3. The minimum atomic E-state index is -4.68. The summed E-state index contributed by atoms with van der Waals surface area (Å²) in [6.45, 7) is 0. The van der Waals surface area contributed by atoms with E-state index in [1.165, 1.54) is 30.6 Å². The van der Waals surface area contributed by atoms with E-state index in [1.54, 1.807) is 12.1 Å². The van der Waals surface area contributed by atoms with Crippen LogP contribution in [0.5, 0.6) is 0 Å². The normalized spacial score (nSPS) is 14.2. The smallest absolute Gasteiger partial charge is 0.416 e. The van der Waals surface area contributed by atoms with Gasteiger partial charge in [0, 0.05) is 23.5 Å². The molecule has 166 valence electrons. The number of aromatic nitrogens is 1. The number of anilines is 1. The van der Waals surface area contributed by atoms with Crippen LogP contribution in [0.15, 0.2) is 65.8 Å². The van der Waals surface area contributed by atoms with Gasteiger partial charge in [0.05, 0.1) is 21.7 Å². The summed E-state index contributed by atoms with van der Waals surface area (Å²) in [5.74, 6) is -1.34. The number of sulfonamides is 1. The average Bonchev–Trinajstić information content (AvgIpc) is 3.58. The maximum atomic E-state index is 13.3. The zero-order valence-corrected chi connectivity index (χ0v) is 17.2. The summed E-state index contributed by atoms with van der Waals surface area (Å²) in [4.78, 5) is 15.1. The molecule has 4 rings (SSSR count). The molecule has 0 aliphatic heterocycles. The van der Waals surface area contributed by atoms with E-state index in [-0.39, 0.29) is 27.6 Å². The summed E-state index contributed by atoms with van der Waals surface area (Å²) in [7, 11) is -4.40. The number of halogens is 3. The van der Waals surface area contributed by atoms with Crippen LogP contribution >= 0.6 is 0 Å². The van der Waals surface area contributed by atoms with E-state index in [9.17, 15) is 31.5 Å². The number of nitrogens with zero attached hydrogens (tertiary/aromatic N) is 1. The third-order valence-electron chi connectivity index (χ3n) is 5.13. The van der Waals surface area contributed by atoms with Crippen LogP contribution in [0.2, 0.25) is 0 Å². The van der Waals surface area contributed by atoms with Gasteiger partial charge in [0.1, 0.15) is 0 Å². The van der Waals surface area contributed by atoms with Crippen LogP contribution in [0.25, 0.3) is 11.1 Å². The molecule has 0 saturated heterocycles. The Hall–Kier alpha value is -3.40. The second kappa shape index (κ2) is 7.94. The minimum Gasteiger partial charge on any atom is -0.478 e. The number of hydrogen-bond donors (Lipinski definition) is 2. The van der Waals surface area contributed by atoms with E-state index in [0.29, 0.717) is 11.1 Å². The molecular formula is C22H17F3N2O4S. The van der Waals surface area contributed by atoms with Crippen LogP contribution in [-0.4, -0.2) is 24.5 Å². The molecule has 0 spiro atoms. The first-order chi connectivity index (χ1) is 15.1. The largest absolute Gasteiger partial charge is 0.478 e. The number of carbonyl (C=O) groups is 1. The highest BCUT2D eigenvalue weighted by Gasteiger charge is 2.34. The van der Waals surface area contributed by atoms with E-state index in [2.05, 4.69) is 9.71 Å². The van der Waals surface area contributed by atoms with Crippen LogP contribution in [-0.2, 0) is 16.2 Å². The SMILES string of the molecule is O=C(O)c1ccc(C2CC2)c(S(=O)(=O)Nc2cc(C(F)(F)F)ccc2-c2cccnc2)c1. The molecule has 2 aromatic carbocycles. The third kappa shape index (κ3) is 4.45. The fourth-order valence-corrected chi connectivity index (χ4v) is 4.81. The number of alkyl halides is 3.